The number of nitriles is 1. The molecular weight excluding hydrogens is 254 g/mol. The van der Waals surface area contributed by atoms with Gasteiger partial charge in [-0.05, 0) is 35.3 Å². The largest absolute Gasteiger partial charge is 0.296 e. The van der Waals surface area contributed by atoms with Gasteiger partial charge in [-0.25, -0.2) is 0 Å². The van der Waals surface area contributed by atoms with Gasteiger partial charge in [0.05, 0.1) is 6.07 Å². The number of hydrogen-bond acceptors (Lipinski definition) is 3. The Balaban J connectivity index is 2.80. The maximum Gasteiger partial charge on any atom is 0.123 e. The molecule has 3 nitrogen and oxygen atoms in total. The van der Waals surface area contributed by atoms with Gasteiger partial charge >= 0.3 is 0 Å². The summed E-state index contributed by atoms with van der Waals surface area (Å²) in [5.74, 6) is 0. The Morgan fingerprint density at radius 1 is 1.60 bits per heavy atom. The number of pyridine rings is 1. The molecular formula is C11H14BrN3. The normalized spacial score (nSPS) is 14.3. The van der Waals surface area contributed by atoms with Gasteiger partial charge in [-0.1, -0.05) is 6.92 Å². The minimum absolute atomic E-state index is 0.287. The van der Waals surface area contributed by atoms with Crippen LogP contribution in [0.1, 0.15) is 31.9 Å². The SMILES string of the molecule is CCC(C)NC(C#N)c1cncc(Br)c1. The quantitative estimate of drug-likeness (QED) is 0.913. The average Bonchev–Trinajstić information content (AvgIpc) is 2.25. The Labute approximate surface area is 98.7 Å². The van der Waals surface area contributed by atoms with E-state index in [1.165, 1.54) is 0 Å². The summed E-state index contributed by atoms with van der Waals surface area (Å²) < 4.78 is 0.895. The predicted molar refractivity (Wildman–Crippen MR) is 63.2 cm³/mol. The first-order valence-electron chi connectivity index (χ1n) is 4.93. The third-order valence-electron chi connectivity index (χ3n) is 2.25. The second kappa shape index (κ2) is 5.84. The van der Waals surface area contributed by atoms with E-state index >= 15 is 0 Å². The number of aromatic nitrogens is 1. The Hall–Kier alpha value is -0.920. The lowest BCUT2D eigenvalue weighted by Crippen LogP contribution is -2.29. The van der Waals surface area contributed by atoms with Crippen LogP contribution in [0.2, 0.25) is 0 Å². The number of hydrogen-bond donors (Lipinski definition) is 1. The standard InChI is InChI=1S/C11H14BrN3/c1-3-8(2)15-11(5-13)9-4-10(12)7-14-6-9/h4,6-8,11,15H,3H2,1-2H3. The Kier molecular flexibility index (Phi) is 4.73. The number of nitrogens with one attached hydrogen (secondary N) is 1. The molecule has 2 atom stereocenters. The third kappa shape index (κ3) is 3.61. The van der Waals surface area contributed by atoms with Crippen LogP contribution in [0.3, 0.4) is 0 Å². The van der Waals surface area contributed by atoms with Crippen LogP contribution < -0.4 is 5.32 Å². The fourth-order valence-corrected chi connectivity index (χ4v) is 1.58. The van der Waals surface area contributed by atoms with Crippen LogP contribution in [0.4, 0.5) is 0 Å². The molecule has 0 saturated heterocycles. The molecule has 1 aromatic rings. The highest BCUT2D eigenvalue weighted by atomic mass is 79.9. The van der Waals surface area contributed by atoms with Gasteiger partial charge in [-0.15, -0.1) is 0 Å². The first-order chi connectivity index (χ1) is 7.17. The first-order valence-corrected chi connectivity index (χ1v) is 5.72. The molecule has 0 bridgehead atoms. The van der Waals surface area contributed by atoms with Crippen molar-refractivity contribution in [2.75, 3.05) is 0 Å². The highest BCUT2D eigenvalue weighted by molar-refractivity contribution is 9.10. The Morgan fingerprint density at radius 2 is 2.33 bits per heavy atom. The molecule has 0 spiro atoms. The minimum Gasteiger partial charge on any atom is -0.296 e. The van der Waals surface area contributed by atoms with Crippen molar-refractivity contribution in [1.29, 1.82) is 5.26 Å². The summed E-state index contributed by atoms with van der Waals surface area (Å²) in [5, 5.41) is 12.3. The zero-order valence-electron chi connectivity index (χ0n) is 8.87. The summed E-state index contributed by atoms with van der Waals surface area (Å²) in [7, 11) is 0. The van der Waals surface area contributed by atoms with Crippen LogP contribution in [-0.2, 0) is 0 Å². The van der Waals surface area contributed by atoms with E-state index in [-0.39, 0.29) is 6.04 Å². The average molecular weight is 268 g/mol. The maximum absolute atomic E-state index is 9.06. The fraction of sp³-hybridized carbons (Fsp3) is 0.455. The molecule has 1 N–H and O–H groups in total. The van der Waals surface area contributed by atoms with Crippen LogP contribution in [0.15, 0.2) is 22.9 Å². The van der Waals surface area contributed by atoms with Gasteiger partial charge in [0.1, 0.15) is 6.04 Å². The highest BCUT2D eigenvalue weighted by Gasteiger charge is 2.12. The molecule has 0 aromatic carbocycles. The van der Waals surface area contributed by atoms with Gasteiger partial charge in [-0.3, -0.25) is 10.3 Å². The van der Waals surface area contributed by atoms with Gasteiger partial charge in [0, 0.05) is 28.5 Å². The molecule has 1 aromatic heterocycles. The molecule has 1 heterocycles. The molecule has 0 saturated carbocycles. The second-order valence-corrected chi connectivity index (χ2v) is 4.39. The van der Waals surface area contributed by atoms with Crippen molar-refractivity contribution in [2.24, 2.45) is 0 Å². The van der Waals surface area contributed by atoms with Crippen molar-refractivity contribution in [3.8, 4) is 6.07 Å². The lowest BCUT2D eigenvalue weighted by molar-refractivity contribution is 0.500. The fourth-order valence-electron chi connectivity index (χ4n) is 1.20. The molecule has 0 aliphatic carbocycles. The van der Waals surface area contributed by atoms with E-state index in [4.69, 9.17) is 5.26 Å². The molecule has 0 amide bonds. The van der Waals surface area contributed by atoms with Crippen LogP contribution in [-0.4, -0.2) is 11.0 Å². The van der Waals surface area contributed by atoms with Gasteiger partial charge < -0.3 is 0 Å². The number of halogens is 1. The lowest BCUT2D eigenvalue weighted by Gasteiger charge is -2.16. The van der Waals surface area contributed by atoms with E-state index < -0.39 is 0 Å². The molecule has 80 valence electrons. The van der Waals surface area contributed by atoms with Crippen molar-refractivity contribution < 1.29 is 0 Å². The maximum atomic E-state index is 9.06. The number of nitrogens with zero attached hydrogens (tertiary/aromatic N) is 2. The monoisotopic (exact) mass is 267 g/mol. The van der Waals surface area contributed by atoms with E-state index in [0.717, 1.165) is 16.5 Å². The van der Waals surface area contributed by atoms with Crippen LogP contribution in [0.25, 0.3) is 0 Å². The van der Waals surface area contributed by atoms with E-state index in [0.29, 0.717) is 6.04 Å². The smallest absolute Gasteiger partial charge is 0.123 e. The summed E-state index contributed by atoms with van der Waals surface area (Å²) in [5.41, 5.74) is 0.896. The summed E-state index contributed by atoms with van der Waals surface area (Å²) in [6.07, 6.45) is 4.43. The Morgan fingerprint density at radius 3 is 2.87 bits per heavy atom. The third-order valence-corrected chi connectivity index (χ3v) is 2.69. The summed E-state index contributed by atoms with van der Waals surface area (Å²) in [4.78, 5) is 4.05. The molecule has 15 heavy (non-hydrogen) atoms. The van der Waals surface area contributed by atoms with Crippen molar-refractivity contribution >= 4 is 15.9 Å². The highest BCUT2D eigenvalue weighted by Crippen LogP contribution is 2.16. The van der Waals surface area contributed by atoms with Crippen molar-refractivity contribution in [1.82, 2.24) is 10.3 Å². The molecule has 0 radical (unpaired) electrons. The first kappa shape index (κ1) is 12.2. The van der Waals surface area contributed by atoms with Gasteiger partial charge in [0.2, 0.25) is 0 Å². The van der Waals surface area contributed by atoms with Gasteiger partial charge in [0.15, 0.2) is 0 Å². The molecule has 4 heteroatoms. The van der Waals surface area contributed by atoms with Crippen molar-refractivity contribution in [2.45, 2.75) is 32.4 Å². The number of rotatable bonds is 4. The van der Waals surface area contributed by atoms with E-state index in [1.54, 1.807) is 12.4 Å². The summed E-state index contributed by atoms with van der Waals surface area (Å²) >= 11 is 3.34. The van der Waals surface area contributed by atoms with Crippen molar-refractivity contribution in [3.63, 3.8) is 0 Å². The van der Waals surface area contributed by atoms with Crippen molar-refractivity contribution in [3.05, 3.63) is 28.5 Å². The molecule has 0 aliphatic rings. The zero-order valence-corrected chi connectivity index (χ0v) is 10.5. The lowest BCUT2D eigenvalue weighted by atomic mass is 10.1. The van der Waals surface area contributed by atoms with Gasteiger partial charge in [-0.2, -0.15) is 5.26 Å². The van der Waals surface area contributed by atoms with E-state index in [2.05, 4.69) is 46.1 Å². The van der Waals surface area contributed by atoms with Crippen LogP contribution in [0, 0.1) is 11.3 Å². The molecule has 0 fully saturated rings. The van der Waals surface area contributed by atoms with Crippen LogP contribution >= 0.6 is 15.9 Å². The Bertz CT molecular complexity index is 359. The van der Waals surface area contributed by atoms with E-state index in [1.807, 2.05) is 6.07 Å². The minimum atomic E-state index is -0.287. The second-order valence-electron chi connectivity index (χ2n) is 3.47. The van der Waals surface area contributed by atoms with E-state index in [9.17, 15) is 0 Å². The molecule has 2 unspecified atom stereocenters. The zero-order chi connectivity index (χ0) is 11.3. The molecule has 1 rings (SSSR count). The molecule has 0 aliphatic heterocycles. The predicted octanol–water partition coefficient (Wildman–Crippen LogP) is 2.80. The topological polar surface area (TPSA) is 48.7 Å². The van der Waals surface area contributed by atoms with Crippen LogP contribution in [0.5, 0.6) is 0 Å². The summed E-state index contributed by atoms with van der Waals surface area (Å²) in [6, 6.07) is 4.19. The van der Waals surface area contributed by atoms with Gasteiger partial charge in [0.25, 0.3) is 0 Å². The summed E-state index contributed by atoms with van der Waals surface area (Å²) in [6.45, 7) is 4.15.